The van der Waals surface area contributed by atoms with Gasteiger partial charge in [-0.05, 0) is 0 Å². The van der Waals surface area contributed by atoms with Crippen molar-refractivity contribution in [1.29, 1.82) is 0 Å². The molecule has 0 aromatic rings. The zero-order chi connectivity index (χ0) is 8.39. The monoisotopic (exact) mass is 166 g/mol. The summed E-state index contributed by atoms with van der Waals surface area (Å²) in [5.74, 6) is 0.710. The Hall–Kier alpha value is -1.23. The van der Waals surface area contributed by atoms with E-state index < -0.39 is 0 Å². The fourth-order valence-corrected chi connectivity index (χ4v) is 1.31. The maximum atomic E-state index is 10.7. The first-order chi connectivity index (χ1) is 5.86. The Morgan fingerprint density at radius 3 is 2.75 bits per heavy atom. The second kappa shape index (κ2) is 3.02. The number of carbonyl (C=O) groups is 1. The second-order valence-electron chi connectivity index (χ2n) is 2.75. The zero-order valence-corrected chi connectivity index (χ0v) is 6.66. The summed E-state index contributed by atoms with van der Waals surface area (Å²) >= 11 is 0. The Morgan fingerprint density at radius 1 is 1.42 bits per heavy atom. The largest absolute Gasteiger partial charge is 0.369 e. The number of rotatable bonds is 0. The normalized spacial score (nSPS) is 23.2. The molecule has 5 heteroatoms. The molecule has 0 aromatic carbocycles. The van der Waals surface area contributed by atoms with Gasteiger partial charge < -0.3 is 10.2 Å². The fraction of sp³-hybridized carbons (Fsp3) is 0.571. The smallest absolute Gasteiger partial charge is 0.353 e. The van der Waals surface area contributed by atoms with Gasteiger partial charge in [0.1, 0.15) is 0 Å². The average molecular weight is 166 g/mol. The molecule has 2 aliphatic heterocycles. The Kier molecular flexibility index (Phi) is 1.87. The SMILES string of the molecule is O=C1N=CC(N2CCNCC2)=N1. The summed E-state index contributed by atoms with van der Waals surface area (Å²) in [6, 6.07) is -0.386. The lowest BCUT2D eigenvalue weighted by atomic mass is 10.3. The Bertz CT molecular complexity index is 252. The molecule has 5 nitrogen and oxygen atoms in total. The quantitative estimate of drug-likeness (QED) is 0.527. The molecule has 2 aliphatic rings. The van der Waals surface area contributed by atoms with Crippen LogP contribution < -0.4 is 5.32 Å². The van der Waals surface area contributed by atoms with Crippen molar-refractivity contribution in [2.45, 2.75) is 0 Å². The van der Waals surface area contributed by atoms with E-state index in [2.05, 4.69) is 20.2 Å². The molecule has 12 heavy (non-hydrogen) atoms. The predicted molar refractivity (Wildman–Crippen MR) is 45.8 cm³/mol. The lowest BCUT2D eigenvalue weighted by molar-refractivity contribution is 0.257. The number of amides is 2. The molecule has 0 bridgehead atoms. The molecule has 1 saturated heterocycles. The van der Waals surface area contributed by atoms with Gasteiger partial charge in [-0.2, -0.15) is 9.98 Å². The first-order valence-electron chi connectivity index (χ1n) is 3.98. The van der Waals surface area contributed by atoms with Gasteiger partial charge in [-0.3, -0.25) is 0 Å². The summed E-state index contributed by atoms with van der Waals surface area (Å²) < 4.78 is 0. The number of urea groups is 1. The first-order valence-corrected chi connectivity index (χ1v) is 3.98. The molecule has 0 spiro atoms. The van der Waals surface area contributed by atoms with Crippen molar-refractivity contribution < 1.29 is 4.79 Å². The molecule has 0 aliphatic carbocycles. The van der Waals surface area contributed by atoms with Crippen LogP contribution in [0.1, 0.15) is 0 Å². The molecule has 0 unspecified atom stereocenters. The van der Waals surface area contributed by atoms with Crippen LogP contribution in [0.5, 0.6) is 0 Å². The number of amidine groups is 1. The average Bonchev–Trinajstić information content (AvgIpc) is 2.54. The summed E-state index contributed by atoms with van der Waals surface area (Å²) in [7, 11) is 0. The minimum absolute atomic E-state index is 0.386. The van der Waals surface area contributed by atoms with Crippen molar-refractivity contribution >= 4 is 18.1 Å². The number of carbonyl (C=O) groups excluding carboxylic acids is 1. The third-order valence-electron chi connectivity index (χ3n) is 1.94. The topological polar surface area (TPSA) is 57.1 Å². The van der Waals surface area contributed by atoms with E-state index in [1.54, 1.807) is 0 Å². The van der Waals surface area contributed by atoms with Crippen LogP contribution in [-0.4, -0.2) is 49.2 Å². The number of aliphatic imine (C=N–C) groups is 2. The third kappa shape index (κ3) is 1.35. The molecule has 2 heterocycles. The number of nitrogens with zero attached hydrogens (tertiary/aromatic N) is 3. The molecular formula is C7H10N4O. The number of piperazine rings is 1. The van der Waals surface area contributed by atoms with Crippen molar-refractivity contribution in [1.82, 2.24) is 10.2 Å². The van der Waals surface area contributed by atoms with Crippen LogP contribution in [-0.2, 0) is 0 Å². The van der Waals surface area contributed by atoms with Gasteiger partial charge in [0, 0.05) is 26.2 Å². The first kappa shape index (κ1) is 7.42. The highest BCUT2D eigenvalue weighted by Gasteiger charge is 2.17. The zero-order valence-electron chi connectivity index (χ0n) is 6.66. The van der Waals surface area contributed by atoms with E-state index in [1.165, 1.54) is 6.21 Å². The molecule has 0 saturated carbocycles. The predicted octanol–water partition coefficient (Wildman–Crippen LogP) is -0.506. The van der Waals surface area contributed by atoms with Crippen molar-refractivity contribution in [2.75, 3.05) is 26.2 Å². The fourth-order valence-electron chi connectivity index (χ4n) is 1.31. The minimum Gasteiger partial charge on any atom is -0.353 e. The molecule has 2 rings (SSSR count). The summed E-state index contributed by atoms with van der Waals surface area (Å²) in [5.41, 5.74) is 0. The molecule has 0 atom stereocenters. The van der Waals surface area contributed by atoms with E-state index in [0.717, 1.165) is 26.2 Å². The highest BCUT2D eigenvalue weighted by molar-refractivity contribution is 6.36. The van der Waals surface area contributed by atoms with Crippen LogP contribution >= 0.6 is 0 Å². The van der Waals surface area contributed by atoms with Gasteiger partial charge in [0.2, 0.25) is 0 Å². The summed E-state index contributed by atoms with van der Waals surface area (Å²) in [4.78, 5) is 20.1. The molecule has 64 valence electrons. The molecule has 1 fully saturated rings. The highest BCUT2D eigenvalue weighted by atomic mass is 16.2. The van der Waals surface area contributed by atoms with Crippen LogP contribution in [0, 0.1) is 0 Å². The maximum absolute atomic E-state index is 10.7. The van der Waals surface area contributed by atoms with Crippen molar-refractivity contribution in [3.05, 3.63) is 0 Å². The standard InChI is InChI=1S/C7H10N4O/c12-7-9-5-6(10-7)11-3-1-8-2-4-11/h5,8H,1-4H2. The molecule has 0 radical (unpaired) electrons. The van der Waals surface area contributed by atoms with Crippen molar-refractivity contribution in [3.63, 3.8) is 0 Å². The third-order valence-corrected chi connectivity index (χ3v) is 1.94. The van der Waals surface area contributed by atoms with Crippen LogP contribution in [0.4, 0.5) is 4.79 Å². The highest BCUT2D eigenvalue weighted by Crippen LogP contribution is 2.00. The van der Waals surface area contributed by atoms with Gasteiger partial charge in [-0.15, -0.1) is 0 Å². The number of nitrogens with one attached hydrogen (secondary N) is 1. The number of hydrogen-bond acceptors (Lipinski definition) is 3. The van der Waals surface area contributed by atoms with Gasteiger partial charge in [-0.1, -0.05) is 0 Å². The van der Waals surface area contributed by atoms with Crippen LogP contribution in [0.25, 0.3) is 0 Å². The van der Waals surface area contributed by atoms with Crippen molar-refractivity contribution in [2.24, 2.45) is 9.98 Å². The van der Waals surface area contributed by atoms with Crippen LogP contribution in [0.15, 0.2) is 9.98 Å². The lowest BCUT2D eigenvalue weighted by Gasteiger charge is -2.27. The van der Waals surface area contributed by atoms with E-state index in [-0.39, 0.29) is 6.03 Å². The van der Waals surface area contributed by atoms with Crippen LogP contribution in [0.2, 0.25) is 0 Å². The van der Waals surface area contributed by atoms with Crippen LogP contribution in [0.3, 0.4) is 0 Å². The Labute approximate surface area is 70.2 Å². The Morgan fingerprint density at radius 2 is 2.17 bits per heavy atom. The van der Waals surface area contributed by atoms with E-state index in [0.29, 0.717) is 5.84 Å². The molecule has 0 aromatic heterocycles. The molecule has 2 amide bonds. The summed E-state index contributed by atoms with van der Waals surface area (Å²) in [6.07, 6.45) is 1.54. The van der Waals surface area contributed by atoms with E-state index in [4.69, 9.17) is 0 Å². The van der Waals surface area contributed by atoms with E-state index >= 15 is 0 Å². The van der Waals surface area contributed by atoms with Gasteiger partial charge in [-0.25, -0.2) is 4.79 Å². The van der Waals surface area contributed by atoms with E-state index in [1.807, 2.05) is 0 Å². The second-order valence-corrected chi connectivity index (χ2v) is 2.75. The van der Waals surface area contributed by atoms with Gasteiger partial charge in [0.15, 0.2) is 5.84 Å². The van der Waals surface area contributed by atoms with Gasteiger partial charge in [0.25, 0.3) is 0 Å². The van der Waals surface area contributed by atoms with Crippen molar-refractivity contribution in [3.8, 4) is 0 Å². The van der Waals surface area contributed by atoms with Gasteiger partial charge >= 0.3 is 6.03 Å². The lowest BCUT2D eigenvalue weighted by Crippen LogP contribution is -2.46. The molecular weight excluding hydrogens is 156 g/mol. The maximum Gasteiger partial charge on any atom is 0.369 e. The molecule has 1 N–H and O–H groups in total. The summed E-state index contributed by atoms with van der Waals surface area (Å²) in [5, 5.41) is 3.22. The summed E-state index contributed by atoms with van der Waals surface area (Å²) in [6.45, 7) is 3.69. The minimum atomic E-state index is -0.386. The Balaban J connectivity index is 2.04. The van der Waals surface area contributed by atoms with E-state index in [9.17, 15) is 4.79 Å². The van der Waals surface area contributed by atoms with Gasteiger partial charge in [0.05, 0.1) is 6.21 Å². The number of hydrogen-bond donors (Lipinski definition) is 1.